The summed E-state index contributed by atoms with van der Waals surface area (Å²) in [5, 5.41) is 0.971. The largest absolute Gasteiger partial charge is 0.451 e. The SMILES string of the molecule is Cc1cc(C)nc(N2CC3CN(C(=O)c4cc5ccccc5o4)CC3C2)n1. The summed E-state index contributed by atoms with van der Waals surface area (Å²) < 4.78 is 5.76. The first kappa shape index (κ1) is 16.3. The Morgan fingerprint density at radius 2 is 1.67 bits per heavy atom. The minimum absolute atomic E-state index is 0.00481. The highest BCUT2D eigenvalue weighted by molar-refractivity contribution is 5.96. The summed E-state index contributed by atoms with van der Waals surface area (Å²) in [4.78, 5) is 26.3. The molecule has 6 heteroatoms. The number of aromatic nitrogens is 2. The Bertz CT molecular complexity index is 961. The highest BCUT2D eigenvalue weighted by Gasteiger charge is 2.43. The zero-order chi connectivity index (χ0) is 18.5. The van der Waals surface area contributed by atoms with Crippen LogP contribution >= 0.6 is 0 Å². The zero-order valence-corrected chi connectivity index (χ0v) is 15.6. The molecule has 0 radical (unpaired) electrons. The minimum Gasteiger partial charge on any atom is -0.451 e. The Hall–Kier alpha value is -2.89. The summed E-state index contributed by atoms with van der Waals surface area (Å²) in [5.41, 5.74) is 2.76. The van der Waals surface area contributed by atoms with Crippen molar-refractivity contribution in [2.24, 2.45) is 11.8 Å². The molecule has 0 aliphatic carbocycles. The molecule has 0 N–H and O–H groups in total. The second-order valence-electron chi connectivity index (χ2n) is 7.73. The van der Waals surface area contributed by atoms with Gasteiger partial charge in [-0.05, 0) is 32.0 Å². The Kier molecular flexibility index (Phi) is 3.67. The first-order chi connectivity index (χ1) is 13.1. The maximum atomic E-state index is 12.9. The molecule has 2 fully saturated rings. The Balaban J connectivity index is 1.30. The van der Waals surface area contributed by atoms with E-state index in [9.17, 15) is 4.79 Å². The highest BCUT2D eigenvalue weighted by Crippen LogP contribution is 2.34. The number of nitrogens with zero attached hydrogens (tertiary/aromatic N) is 4. The number of likely N-dealkylation sites (tertiary alicyclic amines) is 1. The Morgan fingerprint density at radius 1 is 1.00 bits per heavy atom. The number of amides is 1. The van der Waals surface area contributed by atoms with Crippen LogP contribution in [0.4, 0.5) is 5.95 Å². The van der Waals surface area contributed by atoms with Crippen molar-refractivity contribution in [2.75, 3.05) is 31.1 Å². The lowest BCUT2D eigenvalue weighted by Crippen LogP contribution is -2.33. The lowest BCUT2D eigenvalue weighted by molar-refractivity contribution is 0.0753. The van der Waals surface area contributed by atoms with E-state index in [0.717, 1.165) is 54.5 Å². The second-order valence-corrected chi connectivity index (χ2v) is 7.73. The van der Waals surface area contributed by atoms with E-state index in [2.05, 4.69) is 14.9 Å². The number of anilines is 1. The number of aryl methyl sites for hydroxylation is 2. The third-order valence-electron chi connectivity index (χ3n) is 5.66. The van der Waals surface area contributed by atoms with Gasteiger partial charge in [0.05, 0.1) is 0 Å². The molecule has 2 aliphatic rings. The fourth-order valence-corrected chi connectivity index (χ4v) is 4.41. The van der Waals surface area contributed by atoms with Gasteiger partial charge in [0.15, 0.2) is 5.76 Å². The van der Waals surface area contributed by atoms with Crippen molar-refractivity contribution in [1.29, 1.82) is 0 Å². The van der Waals surface area contributed by atoms with Gasteiger partial charge in [-0.25, -0.2) is 9.97 Å². The van der Waals surface area contributed by atoms with Crippen LogP contribution in [0.2, 0.25) is 0 Å². The van der Waals surface area contributed by atoms with Crippen molar-refractivity contribution in [1.82, 2.24) is 14.9 Å². The molecule has 27 heavy (non-hydrogen) atoms. The van der Waals surface area contributed by atoms with Crippen LogP contribution in [0, 0.1) is 25.7 Å². The van der Waals surface area contributed by atoms with Gasteiger partial charge in [-0.2, -0.15) is 0 Å². The quantitative estimate of drug-likeness (QED) is 0.701. The molecule has 0 bridgehead atoms. The summed E-state index contributed by atoms with van der Waals surface area (Å²) in [6.07, 6.45) is 0. The van der Waals surface area contributed by atoms with Gasteiger partial charge in [0, 0.05) is 54.8 Å². The smallest absolute Gasteiger partial charge is 0.289 e. The average molecular weight is 362 g/mol. The van der Waals surface area contributed by atoms with Crippen LogP contribution in [0.3, 0.4) is 0 Å². The van der Waals surface area contributed by atoms with E-state index in [0.29, 0.717) is 17.6 Å². The van der Waals surface area contributed by atoms with Gasteiger partial charge in [0.1, 0.15) is 5.58 Å². The number of carbonyl (C=O) groups is 1. The van der Waals surface area contributed by atoms with Crippen LogP contribution in [0.5, 0.6) is 0 Å². The number of furan rings is 1. The molecule has 2 unspecified atom stereocenters. The van der Waals surface area contributed by atoms with E-state index in [4.69, 9.17) is 4.42 Å². The summed E-state index contributed by atoms with van der Waals surface area (Å²) in [5.74, 6) is 2.17. The third-order valence-corrected chi connectivity index (χ3v) is 5.66. The number of fused-ring (bicyclic) bond motifs is 2. The van der Waals surface area contributed by atoms with Crippen molar-refractivity contribution >= 4 is 22.8 Å². The molecule has 1 aromatic carbocycles. The fraction of sp³-hybridized carbons (Fsp3) is 0.381. The molecule has 0 spiro atoms. The predicted molar refractivity (Wildman–Crippen MR) is 103 cm³/mol. The number of hydrogen-bond acceptors (Lipinski definition) is 5. The molecule has 2 atom stereocenters. The van der Waals surface area contributed by atoms with Gasteiger partial charge in [-0.1, -0.05) is 18.2 Å². The van der Waals surface area contributed by atoms with Crippen molar-refractivity contribution in [3.05, 3.63) is 53.5 Å². The van der Waals surface area contributed by atoms with Crippen molar-refractivity contribution in [3.8, 4) is 0 Å². The molecule has 2 aliphatic heterocycles. The summed E-state index contributed by atoms with van der Waals surface area (Å²) in [6, 6.07) is 11.6. The van der Waals surface area contributed by atoms with E-state index in [1.807, 2.05) is 55.1 Å². The van der Waals surface area contributed by atoms with Gasteiger partial charge in [-0.3, -0.25) is 4.79 Å². The molecule has 2 saturated heterocycles. The Labute approximate surface area is 157 Å². The molecule has 5 rings (SSSR count). The topological polar surface area (TPSA) is 62.5 Å². The van der Waals surface area contributed by atoms with Gasteiger partial charge in [-0.15, -0.1) is 0 Å². The first-order valence-electron chi connectivity index (χ1n) is 9.42. The van der Waals surface area contributed by atoms with Crippen molar-refractivity contribution < 1.29 is 9.21 Å². The molecular weight excluding hydrogens is 340 g/mol. The van der Waals surface area contributed by atoms with Gasteiger partial charge in [0.25, 0.3) is 5.91 Å². The van der Waals surface area contributed by atoms with Crippen LogP contribution in [0.25, 0.3) is 11.0 Å². The summed E-state index contributed by atoms with van der Waals surface area (Å²) in [7, 11) is 0. The monoisotopic (exact) mass is 362 g/mol. The molecule has 138 valence electrons. The molecule has 2 aromatic heterocycles. The fourth-order valence-electron chi connectivity index (χ4n) is 4.41. The maximum absolute atomic E-state index is 12.9. The second kappa shape index (κ2) is 6.08. The summed E-state index contributed by atoms with van der Waals surface area (Å²) in [6.45, 7) is 7.34. The van der Waals surface area contributed by atoms with Gasteiger partial charge >= 0.3 is 0 Å². The average Bonchev–Trinajstić information content (AvgIpc) is 3.32. The normalized spacial score (nSPS) is 21.9. The van der Waals surface area contributed by atoms with Crippen LogP contribution in [-0.4, -0.2) is 47.0 Å². The molecule has 3 aromatic rings. The highest BCUT2D eigenvalue weighted by atomic mass is 16.3. The van der Waals surface area contributed by atoms with E-state index in [1.54, 1.807) is 0 Å². The van der Waals surface area contributed by atoms with Gasteiger partial charge < -0.3 is 14.2 Å². The molecule has 4 heterocycles. The van der Waals surface area contributed by atoms with E-state index >= 15 is 0 Å². The van der Waals surface area contributed by atoms with Crippen LogP contribution in [-0.2, 0) is 0 Å². The number of rotatable bonds is 2. The van der Waals surface area contributed by atoms with E-state index in [1.165, 1.54) is 0 Å². The van der Waals surface area contributed by atoms with Crippen molar-refractivity contribution in [3.63, 3.8) is 0 Å². The van der Waals surface area contributed by atoms with E-state index < -0.39 is 0 Å². The first-order valence-corrected chi connectivity index (χ1v) is 9.42. The lowest BCUT2D eigenvalue weighted by Gasteiger charge is -2.21. The summed E-state index contributed by atoms with van der Waals surface area (Å²) >= 11 is 0. The van der Waals surface area contributed by atoms with Crippen LogP contribution in [0.15, 0.2) is 40.8 Å². The van der Waals surface area contributed by atoms with Crippen molar-refractivity contribution in [2.45, 2.75) is 13.8 Å². The van der Waals surface area contributed by atoms with Gasteiger partial charge in [0.2, 0.25) is 5.95 Å². The number of benzene rings is 1. The van der Waals surface area contributed by atoms with Crippen LogP contribution in [0.1, 0.15) is 21.9 Å². The maximum Gasteiger partial charge on any atom is 0.289 e. The van der Waals surface area contributed by atoms with Crippen LogP contribution < -0.4 is 4.90 Å². The number of para-hydroxylation sites is 1. The standard InChI is InChI=1S/C21H22N4O2/c1-13-7-14(2)23-21(22-13)25-11-16-9-24(10-17(16)12-25)20(26)19-8-15-5-3-4-6-18(15)27-19/h3-8,16-17H,9-12H2,1-2H3. The molecule has 0 saturated carbocycles. The Morgan fingerprint density at radius 3 is 2.33 bits per heavy atom. The predicted octanol–water partition coefficient (Wildman–Crippen LogP) is 3.05. The number of carbonyl (C=O) groups excluding carboxylic acids is 1. The minimum atomic E-state index is -0.00481. The lowest BCUT2D eigenvalue weighted by atomic mass is 10.0. The molecule has 1 amide bonds. The third kappa shape index (κ3) is 2.85. The molecule has 6 nitrogen and oxygen atoms in total. The number of hydrogen-bond donors (Lipinski definition) is 0. The zero-order valence-electron chi connectivity index (χ0n) is 15.6. The van der Waals surface area contributed by atoms with E-state index in [-0.39, 0.29) is 5.91 Å². The molecular formula is C21H22N4O2.